The summed E-state index contributed by atoms with van der Waals surface area (Å²) in [5.74, 6) is 0.185. The number of nitrogens with two attached hydrogens (primary N) is 1. The van der Waals surface area contributed by atoms with Crippen LogP contribution in [0.25, 0.3) is 0 Å². The summed E-state index contributed by atoms with van der Waals surface area (Å²) in [5.41, 5.74) is 7.26. The number of halogens is 1. The van der Waals surface area contributed by atoms with Gasteiger partial charge >= 0.3 is 0 Å². The fourth-order valence-corrected chi connectivity index (χ4v) is 2.41. The number of benzene rings is 1. The second-order valence-electron chi connectivity index (χ2n) is 4.59. The van der Waals surface area contributed by atoms with Gasteiger partial charge in [0.1, 0.15) is 11.6 Å². The molecule has 3 N–H and O–H groups in total. The number of amidine groups is 1. The second kappa shape index (κ2) is 5.82. The maximum Gasteiger partial charge on any atom is 0.175 e. The molecule has 0 bridgehead atoms. The van der Waals surface area contributed by atoms with Crippen LogP contribution in [0.15, 0.2) is 29.4 Å². The number of hydrogen-bond donors (Lipinski definition) is 2. The summed E-state index contributed by atoms with van der Waals surface area (Å²) in [6.45, 7) is 4.16. The van der Waals surface area contributed by atoms with Crippen LogP contribution in [0.2, 0.25) is 0 Å². The average Bonchev–Trinajstić information content (AvgIpc) is 2.76. The minimum Gasteiger partial charge on any atom is -0.409 e. The number of para-hydroxylation sites is 1. The van der Waals surface area contributed by atoms with E-state index in [4.69, 9.17) is 10.9 Å². The van der Waals surface area contributed by atoms with Gasteiger partial charge in [-0.2, -0.15) is 5.10 Å². The molecule has 0 aliphatic heterocycles. The molecule has 0 unspecified atom stereocenters. The molecule has 1 aromatic heterocycles. The van der Waals surface area contributed by atoms with Crippen molar-refractivity contribution in [1.82, 2.24) is 9.78 Å². The molecule has 21 heavy (non-hydrogen) atoms. The lowest BCUT2D eigenvalue weighted by atomic mass is 10.2. The first kappa shape index (κ1) is 14.8. The summed E-state index contributed by atoms with van der Waals surface area (Å²) in [7, 11) is 1.74. The lowest BCUT2D eigenvalue weighted by Gasteiger charge is -2.24. The average molecular weight is 291 g/mol. The van der Waals surface area contributed by atoms with Crippen molar-refractivity contribution in [1.29, 1.82) is 0 Å². The Morgan fingerprint density at radius 1 is 1.48 bits per heavy atom. The molecular weight excluding hydrogens is 273 g/mol. The molecule has 0 atom stereocenters. The van der Waals surface area contributed by atoms with Crippen LogP contribution in [-0.2, 0) is 7.05 Å². The fourth-order valence-electron chi connectivity index (χ4n) is 2.41. The van der Waals surface area contributed by atoms with E-state index < -0.39 is 0 Å². The van der Waals surface area contributed by atoms with Crippen molar-refractivity contribution in [3.8, 4) is 0 Å². The van der Waals surface area contributed by atoms with Gasteiger partial charge in [0.15, 0.2) is 5.84 Å². The summed E-state index contributed by atoms with van der Waals surface area (Å²) < 4.78 is 15.7. The van der Waals surface area contributed by atoms with E-state index in [0.717, 1.165) is 0 Å². The monoisotopic (exact) mass is 291 g/mol. The lowest BCUT2D eigenvalue weighted by Crippen LogP contribution is -2.24. The Morgan fingerprint density at radius 3 is 2.71 bits per heavy atom. The fraction of sp³-hybridized carbons (Fsp3) is 0.286. The van der Waals surface area contributed by atoms with Crippen LogP contribution >= 0.6 is 0 Å². The zero-order chi connectivity index (χ0) is 15.6. The summed E-state index contributed by atoms with van der Waals surface area (Å²) >= 11 is 0. The molecular formula is C14H18FN5O. The number of aryl methyl sites for hydroxylation is 2. The van der Waals surface area contributed by atoms with E-state index in [-0.39, 0.29) is 11.7 Å². The molecule has 0 radical (unpaired) electrons. The van der Waals surface area contributed by atoms with E-state index >= 15 is 0 Å². The van der Waals surface area contributed by atoms with Gasteiger partial charge in [-0.3, -0.25) is 4.68 Å². The zero-order valence-corrected chi connectivity index (χ0v) is 12.2. The number of nitrogens with zero attached hydrogens (tertiary/aromatic N) is 4. The largest absolute Gasteiger partial charge is 0.409 e. The van der Waals surface area contributed by atoms with E-state index in [1.807, 2.05) is 6.92 Å². The van der Waals surface area contributed by atoms with E-state index in [2.05, 4.69) is 10.3 Å². The lowest BCUT2D eigenvalue weighted by molar-refractivity contribution is 0.318. The van der Waals surface area contributed by atoms with Gasteiger partial charge in [0.2, 0.25) is 0 Å². The summed E-state index contributed by atoms with van der Waals surface area (Å²) in [4.78, 5) is 1.74. The molecule has 2 aromatic rings. The molecule has 0 aliphatic carbocycles. The highest BCUT2D eigenvalue weighted by Gasteiger charge is 2.24. The van der Waals surface area contributed by atoms with Crippen LogP contribution < -0.4 is 10.6 Å². The maximum absolute atomic E-state index is 14.1. The molecule has 1 heterocycles. The molecule has 0 aliphatic rings. The van der Waals surface area contributed by atoms with Gasteiger partial charge in [-0.05, 0) is 26.0 Å². The molecule has 0 amide bonds. The van der Waals surface area contributed by atoms with Crippen molar-refractivity contribution in [2.24, 2.45) is 17.9 Å². The maximum atomic E-state index is 14.1. The van der Waals surface area contributed by atoms with Crippen LogP contribution in [0, 0.1) is 12.7 Å². The SMILES string of the molecule is CCN(c1ccccc1F)c1c(C(N)=NO)c(C)nn1C. The first-order valence-corrected chi connectivity index (χ1v) is 6.54. The molecule has 0 fully saturated rings. The number of rotatable bonds is 4. The van der Waals surface area contributed by atoms with Gasteiger partial charge in [-0.1, -0.05) is 17.3 Å². The first-order chi connectivity index (χ1) is 10.0. The molecule has 1 aromatic carbocycles. The zero-order valence-electron chi connectivity index (χ0n) is 12.2. The molecule has 112 valence electrons. The van der Waals surface area contributed by atoms with Crippen molar-refractivity contribution < 1.29 is 9.60 Å². The van der Waals surface area contributed by atoms with Crippen molar-refractivity contribution >= 4 is 17.3 Å². The predicted molar refractivity (Wildman–Crippen MR) is 79.5 cm³/mol. The van der Waals surface area contributed by atoms with Crippen molar-refractivity contribution in [2.75, 3.05) is 11.4 Å². The van der Waals surface area contributed by atoms with Crippen LogP contribution in [0.3, 0.4) is 0 Å². The smallest absolute Gasteiger partial charge is 0.175 e. The Labute approximate surface area is 122 Å². The van der Waals surface area contributed by atoms with Crippen molar-refractivity contribution in [2.45, 2.75) is 13.8 Å². The van der Waals surface area contributed by atoms with E-state index in [0.29, 0.717) is 29.3 Å². The van der Waals surface area contributed by atoms with Crippen LogP contribution in [-0.4, -0.2) is 27.4 Å². The predicted octanol–water partition coefficient (Wildman–Crippen LogP) is 2.12. The summed E-state index contributed by atoms with van der Waals surface area (Å²) in [6, 6.07) is 6.46. The molecule has 0 spiro atoms. The summed E-state index contributed by atoms with van der Waals surface area (Å²) in [6.07, 6.45) is 0. The molecule has 0 saturated heterocycles. The Bertz CT molecular complexity index is 680. The van der Waals surface area contributed by atoms with Gasteiger partial charge in [-0.25, -0.2) is 4.39 Å². The number of hydrogen-bond acceptors (Lipinski definition) is 4. The van der Waals surface area contributed by atoms with E-state index in [9.17, 15) is 4.39 Å². The number of anilines is 2. The van der Waals surface area contributed by atoms with Crippen LogP contribution in [0.1, 0.15) is 18.2 Å². The third kappa shape index (κ3) is 2.54. The highest BCUT2D eigenvalue weighted by Crippen LogP contribution is 2.31. The molecule has 2 rings (SSSR count). The molecule has 6 nitrogen and oxygen atoms in total. The normalized spacial score (nSPS) is 11.7. The number of aromatic nitrogens is 2. The van der Waals surface area contributed by atoms with Crippen LogP contribution in [0.4, 0.5) is 15.9 Å². The van der Waals surface area contributed by atoms with E-state index in [1.54, 1.807) is 41.8 Å². The minimum atomic E-state index is -0.344. The highest BCUT2D eigenvalue weighted by atomic mass is 19.1. The Balaban J connectivity index is 2.67. The Hall–Kier alpha value is -2.57. The van der Waals surface area contributed by atoms with Crippen molar-refractivity contribution in [3.63, 3.8) is 0 Å². The van der Waals surface area contributed by atoms with Gasteiger partial charge in [-0.15, -0.1) is 0 Å². The van der Waals surface area contributed by atoms with Gasteiger partial charge in [0, 0.05) is 13.6 Å². The van der Waals surface area contributed by atoms with Gasteiger partial charge in [0.05, 0.1) is 16.9 Å². The van der Waals surface area contributed by atoms with Crippen molar-refractivity contribution in [3.05, 3.63) is 41.3 Å². The Kier molecular flexibility index (Phi) is 4.11. The standard InChI is InChI=1S/C14H18FN5O/c1-4-20(11-8-6-5-7-10(11)15)14-12(13(16)18-21)9(2)17-19(14)3/h5-8,21H,4H2,1-3H3,(H2,16,18). The molecule has 7 heteroatoms. The topological polar surface area (TPSA) is 79.7 Å². The van der Waals surface area contributed by atoms with E-state index in [1.165, 1.54) is 6.07 Å². The Morgan fingerprint density at radius 2 is 2.14 bits per heavy atom. The minimum absolute atomic E-state index is 0.0506. The second-order valence-corrected chi connectivity index (χ2v) is 4.59. The quantitative estimate of drug-likeness (QED) is 0.391. The highest BCUT2D eigenvalue weighted by molar-refractivity contribution is 6.03. The van der Waals surface area contributed by atoms with Gasteiger partial charge in [0.25, 0.3) is 0 Å². The third-order valence-corrected chi connectivity index (χ3v) is 3.27. The van der Waals surface area contributed by atoms with Crippen LogP contribution in [0.5, 0.6) is 0 Å². The third-order valence-electron chi connectivity index (χ3n) is 3.27. The summed E-state index contributed by atoms with van der Waals surface area (Å²) in [5, 5.41) is 16.3. The van der Waals surface area contributed by atoms with Gasteiger partial charge < -0.3 is 15.8 Å². The number of oxime groups is 1. The first-order valence-electron chi connectivity index (χ1n) is 6.54. The molecule has 0 saturated carbocycles.